The molecule has 158 valence electrons. The van der Waals surface area contributed by atoms with E-state index in [-0.39, 0.29) is 6.03 Å². The Kier molecular flexibility index (Phi) is 8.48. The van der Waals surface area contributed by atoms with Crippen LogP contribution in [0.4, 0.5) is 10.5 Å². The van der Waals surface area contributed by atoms with Crippen LogP contribution in [0.25, 0.3) is 0 Å². The molecule has 1 aromatic heterocycles. The van der Waals surface area contributed by atoms with E-state index in [9.17, 15) is 4.79 Å². The van der Waals surface area contributed by atoms with Crippen LogP contribution in [0.15, 0.2) is 42.7 Å². The highest BCUT2D eigenvalue weighted by molar-refractivity contribution is 5.88. The molecule has 0 atom stereocenters. The number of aromatic nitrogens is 2. The van der Waals surface area contributed by atoms with E-state index in [1.807, 2.05) is 0 Å². The van der Waals surface area contributed by atoms with Crippen molar-refractivity contribution in [3.63, 3.8) is 0 Å². The number of nitrogens with zero attached hydrogens (tertiary/aromatic N) is 4. The maximum atomic E-state index is 12.0. The number of benzene rings is 1. The molecule has 0 aliphatic carbocycles. The van der Waals surface area contributed by atoms with Gasteiger partial charge in [0.15, 0.2) is 0 Å². The monoisotopic (exact) mass is 400 g/mol. The SMILES string of the molecule is COCCn1cc(NC(=O)NCCCN2CCN(Cc3ccccc3)CC2)cn1. The number of rotatable bonds is 10. The molecule has 1 fully saturated rings. The lowest BCUT2D eigenvalue weighted by Crippen LogP contribution is -2.46. The topological polar surface area (TPSA) is 74.7 Å². The smallest absolute Gasteiger partial charge is 0.319 e. The number of hydrogen-bond donors (Lipinski definition) is 2. The fraction of sp³-hybridized carbons (Fsp3) is 0.524. The van der Waals surface area contributed by atoms with Gasteiger partial charge in [-0.05, 0) is 18.5 Å². The van der Waals surface area contributed by atoms with Crippen LogP contribution < -0.4 is 10.6 Å². The van der Waals surface area contributed by atoms with Gasteiger partial charge >= 0.3 is 6.03 Å². The van der Waals surface area contributed by atoms with Crippen LogP contribution in [0.2, 0.25) is 0 Å². The van der Waals surface area contributed by atoms with E-state index in [0.29, 0.717) is 25.4 Å². The third kappa shape index (κ3) is 7.49. The summed E-state index contributed by atoms with van der Waals surface area (Å²) in [5, 5.41) is 9.91. The molecule has 0 bridgehead atoms. The van der Waals surface area contributed by atoms with E-state index in [1.165, 1.54) is 5.56 Å². The number of nitrogens with one attached hydrogen (secondary N) is 2. The lowest BCUT2D eigenvalue weighted by Gasteiger charge is -2.34. The molecule has 29 heavy (non-hydrogen) atoms. The number of amides is 2. The van der Waals surface area contributed by atoms with Gasteiger partial charge in [0, 0.05) is 52.6 Å². The standard InChI is InChI=1S/C21H32N6O2/c1-29-15-14-27-18-20(16-23-27)24-21(28)22-8-5-9-25-10-12-26(13-11-25)17-19-6-3-2-4-7-19/h2-4,6-7,16,18H,5,8-15,17H2,1H3,(H2,22,24,28). The van der Waals surface area contributed by atoms with Gasteiger partial charge in [0.25, 0.3) is 0 Å². The van der Waals surface area contributed by atoms with Crippen molar-refractivity contribution in [3.05, 3.63) is 48.3 Å². The molecule has 2 amide bonds. The first-order valence-electron chi connectivity index (χ1n) is 10.3. The molecule has 1 aliphatic rings. The van der Waals surface area contributed by atoms with E-state index in [2.05, 4.69) is 55.9 Å². The van der Waals surface area contributed by atoms with E-state index in [0.717, 1.165) is 45.7 Å². The Hall–Kier alpha value is -2.42. The highest BCUT2D eigenvalue weighted by Gasteiger charge is 2.16. The summed E-state index contributed by atoms with van der Waals surface area (Å²) in [4.78, 5) is 17.0. The average molecular weight is 401 g/mol. The molecular formula is C21H32N6O2. The zero-order valence-electron chi connectivity index (χ0n) is 17.2. The number of ether oxygens (including phenoxy) is 1. The molecule has 8 heteroatoms. The van der Waals surface area contributed by atoms with Crippen LogP contribution in [0, 0.1) is 0 Å². The largest absolute Gasteiger partial charge is 0.383 e. The average Bonchev–Trinajstić information content (AvgIpc) is 3.19. The van der Waals surface area contributed by atoms with Gasteiger partial charge in [-0.2, -0.15) is 5.10 Å². The second kappa shape index (κ2) is 11.5. The number of anilines is 1. The van der Waals surface area contributed by atoms with Crippen LogP contribution >= 0.6 is 0 Å². The molecule has 3 rings (SSSR count). The Morgan fingerprint density at radius 1 is 1.10 bits per heavy atom. The van der Waals surface area contributed by atoms with Crippen molar-refractivity contribution in [3.8, 4) is 0 Å². The molecule has 0 unspecified atom stereocenters. The first kappa shape index (κ1) is 21.3. The van der Waals surface area contributed by atoms with Crippen LogP contribution in [-0.4, -0.2) is 78.6 Å². The summed E-state index contributed by atoms with van der Waals surface area (Å²) in [6, 6.07) is 10.4. The molecule has 1 saturated heterocycles. The van der Waals surface area contributed by atoms with Crippen molar-refractivity contribution in [2.75, 3.05) is 58.3 Å². The second-order valence-electron chi connectivity index (χ2n) is 7.32. The maximum absolute atomic E-state index is 12.0. The van der Waals surface area contributed by atoms with Gasteiger partial charge in [0.05, 0.1) is 25.0 Å². The Morgan fingerprint density at radius 2 is 1.86 bits per heavy atom. The summed E-state index contributed by atoms with van der Waals surface area (Å²) in [5.41, 5.74) is 2.06. The van der Waals surface area contributed by atoms with Crippen molar-refractivity contribution in [1.29, 1.82) is 0 Å². The van der Waals surface area contributed by atoms with E-state index >= 15 is 0 Å². The van der Waals surface area contributed by atoms with Crippen LogP contribution in [0.1, 0.15) is 12.0 Å². The number of hydrogen-bond acceptors (Lipinski definition) is 5. The van der Waals surface area contributed by atoms with Crippen molar-refractivity contribution >= 4 is 11.7 Å². The summed E-state index contributed by atoms with van der Waals surface area (Å²) in [6.07, 6.45) is 4.39. The Labute approximate surface area is 172 Å². The van der Waals surface area contributed by atoms with Crippen molar-refractivity contribution in [1.82, 2.24) is 24.9 Å². The molecule has 0 radical (unpaired) electrons. The lowest BCUT2D eigenvalue weighted by molar-refractivity contribution is 0.126. The minimum atomic E-state index is -0.191. The first-order valence-corrected chi connectivity index (χ1v) is 10.3. The molecule has 2 N–H and O–H groups in total. The predicted octanol–water partition coefficient (Wildman–Crippen LogP) is 1.86. The van der Waals surface area contributed by atoms with Crippen LogP contribution in [0.3, 0.4) is 0 Å². The number of piperazine rings is 1. The van der Waals surface area contributed by atoms with Gasteiger partial charge in [-0.25, -0.2) is 4.79 Å². The van der Waals surface area contributed by atoms with E-state index < -0.39 is 0 Å². The zero-order valence-corrected chi connectivity index (χ0v) is 17.2. The maximum Gasteiger partial charge on any atom is 0.319 e. The quantitative estimate of drug-likeness (QED) is 0.596. The first-order chi connectivity index (χ1) is 14.2. The summed E-state index contributed by atoms with van der Waals surface area (Å²) >= 11 is 0. The second-order valence-corrected chi connectivity index (χ2v) is 7.32. The van der Waals surface area contributed by atoms with Gasteiger partial charge < -0.3 is 20.3 Å². The van der Waals surface area contributed by atoms with E-state index in [4.69, 9.17) is 4.74 Å². The summed E-state index contributed by atoms with van der Waals surface area (Å²) in [5.74, 6) is 0. The fourth-order valence-electron chi connectivity index (χ4n) is 3.43. The van der Waals surface area contributed by atoms with Crippen molar-refractivity contribution < 1.29 is 9.53 Å². The van der Waals surface area contributed by atoms with Gasteiger partial charge in [-0.3, -0.25) is 9.58 Å². The van der Waals surface area contributed by atoms with Gasteiger partial charge in [-0.1, -0.05) is 30.3 Å². The van der Waals surface area contributed by atoms with Gasteiger partial charge in [0.1, 0.15) is 0 Å². The fourth-order valence-corrected chi connectivity index (χ4v) is 3.43. The molecule has 0 spiro atoms. The summed E-state index contributed by atoms with van der Waals surface area (Å²) in [7, 11) is 1.65. The lowest BCUT2D eigenvalue weighted by atomic mass is 10.2. The van der Waals surface area contributed by atoms with Crippen LogP contribution in [0.5, 0.6) is 0 Å². The normalized spacial score (nSPS) is 15.3. The predicted molar refractivity (Wildman–Crippen MR) is 114 cm³/mol. The van der Waals surface area contributed by atoms with Crippen molar-refractivity contribution in [2.45, 2.75) is 19.5 Å². The Bertz CT molecular complexity index is 728. The minimum Gasteiger partial charge on any atom is -0.383 e. The molecule has 2 heterocycles. The Morgan fingerprint density at radius 3 is 2.62 bits per heavy atom. The number of methoxy groups -OCH3 is 1. The van der Waals surface area contributed by atoms with Crippen LogP contribution in [-0.2, 0) is 17.8 Å². The molecular weight excluding hydrogens is 368 g/mol. The highest BCUT2D eigenvalue weighted by atomic mass is 16.5. The van der Waals surface area contributed by atoms with E-state index in [1.54, 1.807) is 24.2 Å². The van der Waals surface area contributed by atoms with Gasteiger partial charge in [-0.15, -0.1) is 0 Å². The van der Waals surface area contributed by atoms with Crippen molar-refractivity contribution in [2.24, 2.45) is 0 Å². The number of urea groups is 1. The molecule has 1 aliphatic heterocycles. The molecule has 2 aromatic rings. The Balaban J connectivity index is 1.25. The van der Waals surface area contributed by atoms with Gasteiger partial charge in [0.2, 0.25) is 0 Å². The summed E-state index contributed by atoms with van der Waals surface area (Å²) in [6.45, 7) is 8.30. The highest BCUT2D eigenvalue weighted by Crippen LogP contribution is 2.08. The molecule has 1 aromatic carbocycles. The third-order valence-corrected chi connectivity index (χ3v) is 5.07. The molecule has 0 saturated carbocycles. The summed E-state index contributed by atoms with van der Waals surface area (Å²) < 4.78 is 6.76. The minimum absolute atomic E-state index is 0.191. The zero-order chi connectivity index (χ0) is 20.3. The number of carbonyl (C=O) groups is 1. The third-order valence-electron chi connectivity index (χ3n) is 5.07. The molecule has 8 nitrogen and oxygen atoms in total. The number of carbonyl (C=O) groups excluding carboxylic acids is 1.